The van der Waals surface area contributed by atoms with E-state index in [4.69, 9.17) is 0 Å². The SMILES string of the molecule is CCC[C@H](NC(=O)[C@@H]1C[C@@H]2CCCC[C@@H]2N1C(=O)[C@@H](NC(=O)[C@@H](NC(=O)c1cccnc1)C1CCCCC1)C(C)(C)C)C(=O)C(=O)NC1CC1. The molecule has 0 unspecified atom stereocenters. The van der Waals surface area contributed by atoms with Crippen LogP contribution >= 0.6 is 0 Å². The number of Topliss-reactive ketones (excluding diaryl/α,β-unsaturated/α-hetero) is 1. The highest BCUT2D eigenvalue weighted by molar-refractivity contribution is 6.38. The highest BCUT2D eigenvalue weighted by Crippen LogP contribution is 2.41. The molecular weight excluding hydrogens is 636 g/mol. The summed E-state index contributed by atoms with van der Waals surface area (Å²) in [6, 6.07) is -0.486. The largest absolute Gasteiger partial charge is 0.347 e. The molecule has 12 heteroatoms. The molecule has 4 N–H and O–H groups in total. The topological polar surface area (TPSA) is 167 Å². The number of hydrogen-bond acceptors (Lipinski definition) is 7. The number of nitrogens with one attached hydrogen (secondary N) is 4. The lowest BCUT2D eigenvalue weighted by Crippen LogP contribution is -2.63. The highest BCUT2D eigenvalue weighted by atomic mass is 16.2. The number of rotatable bonds is 13. The number of nitrogens with zero attached hydrogens (tertiary/aromatic N) is 2. The number of carbonyl (C=O) groups excluding carboxylic acids is 6. The van der Waals surface area contributed by atoms with Crippen molar-refractivity contribution in [2.75, 3.05) is 0 Å². The Balaban J connectivity index is 1.38. The summed E-state index contributed by atoms with van der Waals surface area (Å²) in [7, 11) is 0. The van der Waals surface area contributed by atoms with Gasteiger partial charge in [0.1, 0.15) is 18.1 Å². The molecule has 0 aromatic carbocycles. The van der Waals surface area contributed by atoms with Gasteiger partial charge >= 0.3 is 0 Å². The number of aromatic nitrogens is 1. The van der Waals surface area contributed by atoms with Gasteiger partial charge in [0.25, 0.3) is 11.8 Å². The summed E-state index contributed by atoms with van der Waals surface area (Å²) in [6.07, 6.45) is 14.2. The molecule has 50 heavy (non-hydrogen) atoms. The van der Waals surface area contributed by atoms with Gasteiger partial charge in [0.2, 0.25) is 23.5 Å². The Morgan fingerprint density at radius 1 is 0.900 bits per heavy atom. The molecule has 1 aliphatic heterocycles. The first-order valence-electron chi connectivity index (χ1n) is 18.9. The minimum absolute atomic E-state index is 0.0152. The normalized spacial score (nSPS) is 24.2. The van der Waals surface area contributed by atoms with Gasteiger partial charge in [0.05, 0.1) is 11.6 Å². The Morgan fingerprint density at radius 3 is 2.24 bits per heavy atom. The molecule has 4 aliphatic rings. The van der Waals surface area contributed by atoms with Crippen molar-refractivity contribution in [3.63, 3.8) is 0 Å². The monoisotopic (exact) mass is 692 g/mol. The van der Waals surface area contributed by atoms with Crippen molar-refractivity contribution in [1.82, 2.24) is 31.2 Å². The summed E-state index contributed by atoms with van der Waals surface area (Å²) in [5, 5.41) is 11.6. The second-order valence-corrected chi connectivity index (χ2v) is 16.0. The van der Waals surface area contributed by atoms with Crippen LogP contribution in [0.2, 0.25) is 0 Å². The van der Waals surface area contributed by atoms with E-state index in [1.54, 1.807) is 23.2 Å². The summed E-state index contributed by atoms with van der Waals surface area (Å²) >= 11 is 0. The third-order valence-electron chi connectivity index (χ3n) is 11.0. The Kier molecular flexibility index (Phi) is 12.3. The Hall–Kier alpha value is -3.83. The second kappa shape index (κ2) is 16.5. The van der Waals surface area contributed by atoms with Gasteiger partial charge in [-0.25, -0.2) is 0 Å². The quantitative estimate of drug-likeness (QED) is 0.229. The average Bonchev–Trinajstić information content (AvgIpc) is 3.84. The zero-order valence-corrected chi connectivity index (χ0v) is 30.2. The first-order valence-corrected chi connectivity index (χ1v) is 18.9. The standard InChI is InChI=1S/C38H56N6O6/c1-5-12-27(31(45)36(49)40-26-18-19-26)41-34(47)29-21-24-15-9-10-17-28(24)44(29)37(50)32(38(2,3)4)43-35(48)30(23-13-7-6-8-14-23)42-33(46)25-16-11-20-39-22-25/h11,16,20,22-24,26-30,32H,5-10,12-15,17-19,21H2,1-4H3,(H,40,49)(H,41,47)(H,42,46)(H,43,48)/t24-,27-,28-,29-,30-,32+/m0/s1. The molecule has 0 radical (unpaired) electrons. The van der Waals surface area contributed by atoms with E-state index in [0.717, 1.165) is 70.6 Å². The van der Waals surface area contributed by atoms with E-state index in [2.05, 4.69) is 26.3 Å². The van der Waals surface area contributed by atoms with E-state index in [1.807, 2.05) is 27.7 Å². The number of fused-ring (bicyclic) bond motifs is 1. The Bertz CT molecular complexity index is 1400. The smallest absolute Gasteiger partial charge is 0.289 e. The van der Waals surface area contributed by atoms with Crippen LogP contribution in [0.3, 0.4) is 0 Å². The first kappa shape index (κ1) is 37.4. The van der Waals surface area contributed by atoms with Gasteiger partial charge in [-0.15, -0.1) is 0 Å². The highest BCUT2D eigenvalue weighted by Gasteiger charge is 2.51. The third kappa shape index (κ3) is 9.09. The maximum absolute atomic E-state index is 14.8. The fraction of sp³-hybridized carbons (Fsp3) is 0.711. The zero-order chi connectivity index (χ0) is 36.0. The van der Waals surface area contributed by atoms with E-state index < -0.39 is 59.0 Å². The molecule has 1 saturated heterocycles. The Morgan fingerprint density at radius 2 is 1.60 bits per heavy atom. The van der Waals surface area contributed by atoms with Crippen LogP contribution in [0.1, 0.15) is 128 Å². The summed E-state index contributed by atoms with van der Waals surface area (Å²) in [5.74, 6) is -2.91. The molecule has 2 heterocycles. The van der Waals surface area contributed by atoms with E-state index in [9.17, 15) is 28.8 Å². The molecule has 12 nitrogen and oxygen atoms in total. The minimum Gasteiger partial charge on any atom is -0.347 e. The molecule has 5 rings (SSSR count). The molecule has 1 aromatic heterocycles. The predicted molar refractivity (Wildman–Crippen MR) is 187 cm³/mol. The van der Waals surface area contributed by atoms with Gasteiger partial charge in [0.15, 0.2) is 0 Å². The number of hydrogen-bond donors (Lipinski definition) is 4. The molecule has 274 valence electrons. The zero-order valence-electron chi connectivity index (χ0n) is 30.2. The van der Waals surface area contributed by atoms with Crippen molar-refractivity contribution in [1.29, 1.82) is 0 Å². The summed E-state index contributed by atoms with van der Waals surface area (Å²) < 4.78 is 0. The molecular formula is C38H56N6O6. The summed E-state index contributed by atoms with van der Waals surface area (Å²) in [5.41, 5.74) is -0.379. The van der Waals surface area contributed by atoms with Crippen LogP contribution in [0, 0.1) is 17.3 Å². The minimum atomic E-state index is -0.983. The van der Waals surface area contributed by atoms with Gasteiger partial charge in [-0.3, -0.25) is 33.8 Å². The van der Waals surface area contributed by atoms with Crippen LogP contribution < -0.4 is 21.3 Å². The molecule has 0 spiro atoms. The van der Waals surface area contributed by atoms with Crippen LogP contribution in [-0.2, 0) is 24.0 Å². The van der Waals surface area contributed by atoms with Crippen molar-refractivity contribution in [2.45, 2.75) is 154 Å². The molecule has 4 fully saturated rings. The predicted octanol–water partition coefficient (Wildman–Crippen LogP) is 3.58. The molecule has 5 amide bonds. The van der Waals surface area contributed by atoms with Crippen LogP contribution in [0.4, 0.5) is 0 Å². The van der Waals surface area contributed by atoms with Crippen molar-refractivity contribution in [3.05, 3.63) is 30.1 Å². The molecule has 3 saturated carbocycles. The number of amides is 5. The van der Waals surface area contributed by atoms with Gasteiger partial charge in [-0.1, -0.05) is 66.2 Å². The lowest BCUT2D eigenvalue weighted by molar-refractivity contribution is -0.147. The number of ketones is 1. The molecule has 0 bridgehead atoms. The van der Waals surface area contributed by atoms with E-state index >= 15 is 0 Å². The first-order chi connectivity index (χ1) is 23.9. The van der Waals surface area contributed by atoms with Crippen molar-refractivity contribution in [2.24, 2.45) is 17.3 Å². The number of pyridine rings is 1. The van der Waals surface area contributed by atoms with Crippen LogP contribution in [0.15, 0.2) is 24.5 Å². The van der Waals surface area contributed by atoms with Crippen molar-refractivity contribution < 1.29 is 28.8 Å². The lowest BCUT2D eigenvalue weighted by atomic mass is 9.81. The molecule has 6 atom stereocenters. The van der Waals surface area contributed by atoms with Gasteiger partial charge < -0.3 is 26.2 Å². The van der Waals surface area contributed by atoms with E-state index in [0.29, 0.717) is 24.8 Å². The fourth-order valence-corrected chi connectivity index (χ4v) is 8.10. The van der Waals surface area contributed by atoms with Crippen LogP contribution in [0.5, 0.6) is 0 Å². The second-order valence-electron chi connectivity index (χ2n) is 16.0. The molecule has 1 aromatic rings. The third-order valence-corrected chi connectivity index (χ3v) is 11.0. The lowest BCUT2D eigenvalue weighted by Gasteiger charge is -2.40. The molecule has 3 aliphatic carbocycles. The maximum atomic E-state index is 14.8. The van der Waals surface area contributed by atoms with Crippen LogP contribution in [-0.4, -0.2) is 81.5 Å². The fourth-order valence-electron chi connectivity index (χ4n) is 8.10. The van der Waals surface area contributed by atoms with Crippen molar-refractivity contribution in [3.8, 4) is 0 Å². The Labute approximate surface area is 296 Å². The van der Waals surface area contributed by atoms with Crippen LogP contribution in [0.25, 0.3) is 0 Å². The van der Waals surface area contributed by atoms with Crippen molar-refractivity contribution >= 4 is 35.3 Å². The number of likely N-dealkylation sites (tertiary alicyclic amines) is 1. The maximum Gasteiger partial charge on any atom is 0.289 e. The van der Waals surface area contributed by atoms with E-state index in [1.165, 1.54) is 6.20 Å². The number of carbonyl (C=O) groups is 6. The average molecular weight is 693 g/mol. The van der Waals surface area contributed by atoms with Gasteiger partial charge in [0, 0.05) is 24.5 Å². The van der Waals surface area contributed by atoms with Gasteiger partial charge in [-0.05, 0) is 80.8 Å². The summed E-state index contributed by atoms with van der Waals surface area (Å²) in [4.78, 5) is 88.0. The summed E-state index contributed by atoms with van der Waals surface area (Å²) in [6.45, 7) is 7.55. The van der Waals surface area contributed by atoms with Gasteiger partial charge in [-0.2, -0.15) is 0 Å². The van der Waals surface area contributed by atoms with E-state index in [-0.39, 0.29) is 29.8 Å².